The van der Waals surface area contributed by atoms with Gasteiger partial charge in [-0.05, 0) is 43.4 Å². The maximum absolute atomic E-state index is 12.0. The molecule has 0 aromatic heterocycles. The molecule has 20 heavy (non-hydrogen) atoms. The molecule has 5 nitrogen and oxygen atoms in total. The number of esters is 1. The molecular weight excluding hydrogens is 258 g/mol. The van der Waals surface area contributed by atoms with E-state index in [0.717, 1.165) is 12.8 Å². The zero-order valence-electron chi connectivity index (χ0n) is 10.9. The maximum Gasteiger partial charge on any atom is 0.338 e. The summed E-state index contributed by atoms with van der Waals surface area (Å²) in [6, 6.07) is 5.51. The molecule has 0 heterocycles. The van der Waals surface area contributed by atoms with Crippen molar-refractivity contribution < 1.29 is 14.5 Å². The molecule has 3 atom stereocenters. The first-order valence-electron chi connectivity index (χ1n) is 6.77. The number of fused-ring (bicyclic) bond motifs is 2. The average molecular weight is 273 g/mol. The maximum atomic E-state index is 12.0. The smallest absolute Gasteiger partial charge is 0.338 e. The van der Waals surface area contributed by atoms with Gasteiger partial charge in [-0.15, -0.1) is 0 Å². The number of hydrogen-bond acceptors (Lipinski definition) is 4. The van der Waals surface area contributed by atoms with Crippen molar-refractivity contribution in [2.45, 2.75) is 25.4 Å². The van der Waals surface area contributed by atoms with Crippen molar-refractivity contribution in [3.8, 4) is 0 Å². The predicted molar refractivity (Wildman–Crippen MR) is 72.3 cm³/mol. The van der Waals surface area contributed by atoms with Gasteiger partial charge in [0.25, 0.3) is 5.69 Å². The molecule has 1 aromatic rings. The summed E-state index contributed by atoms with van der Waals surface area (Å²) in [5.41, 5.74) is 0.321. The van der Waals surface area contributed by atoms with Crippen molar-refractivity contribution >= 4 is 11.7 Å². The minimum absolute atomic E-state index is 0.0299. The lowest BCUT2D eigenvalue weighted by Gasteiger charge is -2.23. The van der Waals surface area contributed by atoms with Crippen LogP contribution in [-0.4, -0.2) is 17.0 Å². The molecule has 0 saturated heterocycles. The predicted octanol–water partition coefficient (Wildman–Crippen LogP) is 3.11. The molecule has 5 heteroatoms. The lowest BCUT2D eigenvalue weighted by atomic mass is 9.93. The lowest BCUT2D eigenvalue weighted by molar-refractivity contribution is -0.384. The third-order valence-electron chi connectivity index (χ3n) is 4.11. The summed E-state index contributed by atoms with van der Waals surface area (Å²) in [5.74, 6) is 0.654. The first kappa shape index (κ1) is 12.8. The number of carbonyl (C=O) groups is 1. The minimum Gasteiger partial charge on any atom is -0.454 e. The monoisotopic (exact) mass is 273 g/mol. The molecule has 0 radical (unpaired) electrons. The van der Waals surface area contributed by atoms with Crippen LogP contribution in [0, 0.1) is 22.0 Å². The van der Waals surface area contributed by atoms with Crippen molar-refractivity contribution in [1.29, 1.82) is 0 Å². The van der Waals surface area contributed by atoms with Crippen molar-refractivity contribution in [2.75, 3.05) is 0 Å². The quantitative estimate of drug-likeness (QED) is 0.367. The highest BCUT2D eigenvalue weighted by Crippen LogP contribution is 2.39. The number of allylic oxidation sites excluding steroid dienone is 1. The van der Waals surface area contributed by atoms with Gasteiger partial charge >= 0.3 is 5.97 Å². The third kappa shape index (κ3) is 2.43. The molecule has 0 aliphatic heterocycles. The SMILES string of the molecule is O=C(OC1C=CC2CCC1C2)c1ccc([N+](=O)[O-])cc1. The number of rotatable bonds is 3. The highest BCUT2D eigenvalue weighted by atomic mass is 16.6. The number of nitro benzene ring substituents is 1. The first-order valence-corrected chi connectivity index (χ1v) is 6.77. The molecule has 0 amide bonds. The van der Waals surface area contributed by atoms with E-state index < -0.39 is 10.9 Å². The molecule has 3 unspecified atom stereocenters. The Morgan fingerprint density at radius 3 is 2.65 bits per heavy atom. The van der Waals surface area contributed by atoms with Crippen molar-refractivity contribution in [1.82, 2.24) is 0 Å². The lowest BCUT2D eigenvalue weighted by Crippen LogP contribution is -2.25. The standard InChI is InChI=1S/C15H15NO4/c17-15(11-4-6-13(7-5-11)16(18)19)20-14-8-2-10-1-3-12(14)9-10/h2,4-8,10,12,14H,1,3,9H2. The molecule has 2 aliphatic rings. The van der Waals surface area contributed by atoms with Gasteiger partial charge in [-0.25, -0.2) is 4.79 Å². The number of non-ortho nitro benzene ring substituents is 1. The summed E-state index contributed by atoms with van der Waals surface area (Å²) in [6.07, 6.45) is 7.32. The zero-order chi connectivity index (χ0) is 14.1. The number of benzene rings is 1. The van der Waals surface area contributed by atoms with E-state index in [0.29, 0.717) is 17.4 Å². The van der Waals surface area contributed by atoms with Crippen LogP contribution < -0.4 is 0 Å². The van der Waals surface area contributed by atoms with Crippen LogP contribution in [-0.2, 0) is 4.74 Å². The summed E-state index contributed by atoms with van der Waals surface area (Å²) in [4.78, 5) is 22.1. The first-order chi connectivity index (χ1) is 9.63. The van der Waals surface area contributed by atoms with Gasteiger partial charge < -0.3 is 4.74 Å². The fraction of sp³-hybridized carbons (Fsp3) is 0.400. The van der Waals surface area contributed by atoms with E-state index in [1.807, 2.05) is 6.08 Å². The fourth-order valence-electron chi connectivity index (χ4n) is 3.00. The Morgan fingerprint density at radius 1 is 1.20 bits per heavy atom. The Morgan fingerprint density at radius 2 is 1.95 bits per heavy atom. The van der Waals surface area contributed by atoms with E-state index in [2.05, 4.69) is 6.08 Å². The topological polar surface area (TPSA) is 69.4 Å². The van der Waals surface area contributed by atoms with E-state index in [9.17, 15) is 14.9 Å². The van der Waals surface area contributed by atoms with E-state index in [1.54, 1.807) is 0 Å². The normalized spacial score (nSPS) is 27.3. The molecule has 2 bridgehead atoms. The second kappa shape index (κ2) is 5.07. The van der Waals surface area contributed by atoms with Crippen molar-refractivity contribution in [3.63, 3.8) is 0 Å². The van der Waals surface area contributed by atoms with Crippen molar-refractivity contribution in [3.05, 3.63) is 52.1 Å². The van der Waals surface area contributed by atoms with Gasteiger partial charge in [0.15, 0.2) is 0 Å². The molecule has 1 aromatic carbocycles. The highest BCUT2D eigenvalue weighted by molar-refractivity contribution is 5.89. The number of carbonyl (C=O) groups excluding carboxylic acids is 1. The summed E-state index contributed by atoms with van der Waals surface area (Å²) in [6.45, 7) is 0. The molecule has 2 aliphatic carbocycles. The van der Waals surface area contributed by atoms with Crippen LogP contribution in [0.15, 0.2) is 36.4 Å². The van der Waals surface area contributed by atoms with Crippen LogP contribution in [0.25, 0.3) is 0 Å². The molecule has 0 spiro atoms. The van der Waals surface area contributed by atoms with E-state index in [-0.39, 0.29) is 11.8 Å². The van der Waals surface area contributed by atoms with Gasteiger partial charge in [0.05, 0.1) is 10.5 Å². The van der Waals surface area contributed by atoms with Crippen LogP contribution in [0.2, 0.25) is 0 Å². The molecule has 104 valence electrons. The Bertz CT molecular complexity index is 564. The van der Waals surface area contributed by atoms with Crippen LogP contribution >= 0.6 is 0 Å². The Kier molecular flexibility index (Phi) is 3.26. The molecule has 1 saturated carbocycles. The van der Waals surface area contributed by atoms with Crippen LogP contribution in [0.1, 0.15) is 29.6 Å². The molecule has 3 rings (SSSR count). The van der Waals surface area contributed by atoms with E-state index in [1.165, 1.54) is 30.7 Å². The second-order valence-electron chi connectivity index (χ2n) is 5.39. The van der Waals surface area contributed by atoms with Crippen LogP contribution in [0.4, 0.5) is 5.69 Å². The number of nitrogens with zero attached hydrogens (tertiary/aromatic N) is 1. The minimum atomic E-state index is -0.488. The number of nitro groups is 1. The Labute approximate surface area is 116 Å². The van der Waals surface area contributed by atoms with Gasteiger partial charge in [0, 0.05) is 18.1 Å². The zero-order valence-corrected chi connectivity index (χ0v) is 10.9. The summed E-state index contributed by atoms with van der Waals surface area (Å²) < 4.78 is 5.51. The largest absolute Gasteiger partial charge is 0.454 e. The Hall–Kier alpha value is -2.17. The van der Waals surface area contributed by atoms with Gasteiger partial charge in [-0.3, -0.25) is 10.1 Å². The summed E-state index contributed by atoms with van der Waals surface area (Å²) in [7, 11) is 0. The third-order valence-corrected chi connectivity index (χ3v) is 4.11. The number of hydrogen-bond donors (Lipinski definition) is 0. The van der Waals surface area contributed by atoms with Gasteiger partial charge in [-0.2, -0.15) is 0 Å². The average Bonchev–Trinajstić information content (AvgIpc) is 2.85. The van der Waals surface area contributed by atoms with Gasteiger partial charge in [-0.1, -0.05) is 6.08 Å². The van der Waals surface area contributed by atoms with E-state index >= 15 is 0 Å². The molecular formula is C15H15NO4. The van der Waals surface area contributed by atoms with E-state index in [4.69, 9.17) is 4.74 Å². The fourth-order valence-corrected chi connectivity index (χ4v) is 3.00. The summed E-state index contributed by atoms with van der Waals surface area (Å²) >= 11 is 0. The van der Waals surface area contributed by atoms with Gasteiger partial charge in [0.2, 0.25) is 0 Å². The summed E-state index contributed by atoms with van der Waals surface area (Å²) in [5, 5.41) is 10.6. The van der Waals surface area contributed by atoms with Crippen molar-refractivity contribution in [2.24, 2.45) is 11.8 Å². The van der Waals surface area contributed by atoms with Crippen LogP contribution in [0.3, 0.4) is 0 Å². The number of ether oxygens (including phenoxy) is 1. The van der Waals surface area contributed by atoms with Crippen LogP contribution in [0.5, 0.6) is 0 Å². The molecule has 0 N–H and O–H groups in total. The highest BCUT2D eigenvalue weighted by Gasteiger charge is 2.34. The molecule has 1 fully saturated rings. The Balaban J connectivity index is 1.68. The van der Waals surface area contributed by atoms with Gasteiger partial charge in [0.1, 0.15) is 6.10 Å². The second-order valence-corrected chi connectivity index (χ2v) is 5.39.